The molecule has 2 aromatic carbocycles. The summed E-state index contributed by atoms with van der Waals surface area (Å²) in [6.07, 6.45) is 0. The number of nitrogens with one attached hydrogen (secondary N) is 1. The summed E-state index contributed by atoms with van der Waals surface area (Å²) in [5.74, 6) is -0.898. The number of benzene rings is 2. The van der Waals surface area contributed by atoms with Gasteiger partial charge >= 0.3 is 5.69 Å². The first-order valence-corrected chi connectivity index (χ1v) is 8.67. The molecule has 28 heavy (non-hydrogen) atoms. The van der Waals surface area contributed by atoms with Gasteiger partial charge in [0.05, 0.1) is 17.3 Å². The van der Waals surface area contributed by atoms with Crippen LogP contribution in [0.5, 0.6) is 0 Å². The Hall–Kier alpha value is -3.26. The fraction of sp³-hybridized carbons (Fsp3) is 0.158. The zero-order valence-electron chi connectivity index (χ0n) is 15.1. The van der Waals surface area contributed by atoms with Crippen LogP contribution in [0.25, 0.3) is 5.69 Å². The van der Waals surface area contributed by atoms with Gasteiger partial charge in [0.15, 0.2) is 0 Å². The highest BCUT2D eigenvalue weighted by Gasteiger charge is 2.13. The summed E-state index contributed by atoms with van der Waals surface area (Å²) in [5.41, 5.74) is 0.0917. The Labute approximate surface area is 164 Å². The Kier molecular flexibility index (Phi) is 5.41. The number of aromatic nitrogens is 3. The molecular weight excluding hydrogens is 387 g/mol. The first-order valence-electron chi connectivity index (χ1n) is 8.29. The van der Waals surface area contributed by atoms with Gasteiger partial charge in [0.25, 0.3) is 5.56 Å². The van der Waals surface area contributed by atoms with Crippen LogP contribution < -0.4 is 16.6 Å². The number of hydrogen-bond acceptors (Lipinski definition) is 4. The van der Waals surface area contributed by atoms with Crippen LogP contribution in [0.3, 0.4) is 0 Å². The molecule has 0 saturated heterocycles. The summed E-state index contributed by atoms with van der Waals surface area (Å²) >= 11 is 5.68. The molecule has 3 aromatic rings. The third-order valence-electron chi connectivity index (χ3n) is 3.95. The van der Waals surface area contributed by atoms with Crippen LogP contribution in [0, 0.1) is 12.7 Å². The van der Waals surface area contributed by atoms with E-state index in [0.29, 0.717) is 16.9 Å². The summed E-state index contributed by atoms with van der Waals surface area (Å²) < 4.78 is 15.7. The predicted molar refractivity (Wildman–Crippen MR) is 104 cm³/mol. The van der Waals surface area contributed by atoms with Crippen molar-refractivity contribution in [3.63, 3.8) is 0 Å². The lowest BCUT2D eigenvalue weighted by Gasteiger charge is -2.12. The Balaban J connectivity index is 2.10. The van der Waals surface area contributed by atoms with Crippen LogP contribution in [0.4, 0.5) is 10.1 Å². The van der Waals surface area contributed by atoms with E-state index in [0.717, 1.165) is 9.25 Å². The van der Waals surface area contributed by atoms with Crippen molar-refractivity contribution in [2.45, 2.75) is 20.4 Å². The molecule has 0 spiro atoms. The van der Waals surface area contributed by atoms with Crippen LogP contribution in [0.1, 0.15) is 18.2 Å². The maximum Gasteiger partial charge on any atom is 0.352 e. The minimum atomic E-state index is -0.689. The van der Waals surface area contributed by atoms with E-state index in [9.17, 15) is 18.8 Å². The third-order valence-corrected chi connectivity index (χ3v) is 4.26. The maximum atomic E-state index is 13.7. The minimum Gasteiger partial charge on any atom is -0.326 e. The van der Waals surface area contributed by atoms with Crippen molar-refractivity contribution in [1.82, 2.24) is 14.3 Å². The molecule has 0 aliphatic rings. The van der Waals surface area contributed by atoms with Gasteiger partial charge in [-0.3, -0.25) is 14.2 Å². The average molecular weight is 403 g/mol. The molecule has 3 rings (SSSR count). The Morgan fingerprint density at radius 1 is 1.21 bits per heavy atom. The maximum absolute atomic E-state index is 13.7. The lowest BCUT2D eigenvalue weighted by atomic mass is 10.2. The molecule has 1 N–H and O–H groups in total. The fourth-order valence-corrected chi connectivity index (χ4v) is 2.80. The Morgan fingerprint density at radius 2 is 1.96 bits per heavy atom. The molecule has 1 amide bonds. The quantitative estimate of drug-likeness (QED) is 0.726. The van der Waals surface area contributed by atoms with Gasteiger partial charge in [-0.1, -0.05) is 23.7 Å². The van der Waals surface area contributed by atoms with Crippen molar-refractivity contribution in [1.29, 1.82) is 0 Å². The second-order valence-electron chi connectivity index (χ2n) is 6.15. The monoisotopic (exact) mass is 402 g/mol. The number of anilines is 1. The number of carbonyl (C=O) groups is 1. The highest BCUT2D eigenvalue weighted by Crippen LogP contribution is 2.16. The van der Waals surface area contributed by atoms with E-state index in [2.05, 4.69) is 10.4 Å². The standard InChI is InChI=1S/C19H16ClFN4O3/c1-11-18(27)24(10-13-6-7-16(20)17(21)8-13)19(28)25(23-11)15-5-3-4-14(9-15)22-12(2)26/h3-9H,10H2,1-2H3,(H,22,26). The normalized spacial score (nSPS) is 10.7. The summed E-state index contributed by atoms with van der Waals surface area (Å²) in [6, 6.07) is 10.6. The van der Waals surface area contributed by atoms with Crippen molar-refractivity contribution >= 4 is 23.2 Å². The molecule has 0 bridgehead atoms. The molecule has 144 valence electrons. The Morgan fingerprint density at radius 3 is 2.64 bits per heavy atom. The fourth-order valence-electron chi connectivity index (χ4n) is 2.68. The first-order chi connectivity index (χ1) is 13.3. The molecule has 9 heteroatoms. The molecule has 1 aromatic heterocycles. The minimum absolute atomic E-state index is 0.0470. The number of nitrogens with zero attached hydrogens (tertiary/aromatic N) is 3. The predicted octanol–water partition coefficient (Wildman–Crippen LogP) is 2.50. The number of hydrogen-bond donors (Lipinski definition) is 1. The second kappa shape index (κ2) is 7.77. The summed E-state index contributed by atoms with van der Waals surface area (Å²) in [7, 11) is 0. The second-order valence-corrected chi connectivity index (χ2v) is 6.56. The van der Waals surface area contributed by atoms with Crippen LogP contribution in [0.15, 0.2) is 52.1 Å². The highest BCUT2D eigenvalue weighted by molar-refractivity contribution is 6.30. The third kappa shape index (κ3) is 4.01. The van der Waals surface area contributed by atoms with E-state index in [1.54, 1.807) is 24.3 Å². The first kappa shape index (κ1) is 19.5. The van der Waals surface area contributed by atoms with Gasteiger partial charge in [-0.15, -0.1) is 0 Å². The van der Waals surface area contributed by atoms with E-state index in [1.165, 1.54) is 32.0 Å². The smallest absolute Gasteiger partial charge is 0.326 e. The SMILES string of the molecule is CC(=O)Nc1cccc(-n2nc(C)c(=O)n(Cc3ccc(Cl)c(F)c3)c2=O)c1. The molecule has 0 fully saturated rings. The molecule has 1 heterocycles. The molecule has 0 aliphatic heterocycles. The Bertz CT molecular complexity index is 1190. The molecule has 0 radical (unpaired) electrons. The van der Waals surface area contributed by atoms with Gasteiger partial charge in [0.2, 0.25) is 5.91 Å². The van der Waals surface area contributed by atoms with Gasteiger partial charge in [-0.2, -0.15) is 9.78 Å². The van der Waals surface area contributed by atoms with E-state index in [4.69, 9.17) is 11.6 Å². The highest BCUT2D eigenvalue weighted by atomic mass is 35.5. The summed E-state index contributed by atoms with van der Waals surface area (Å²) in [4.78, 5) is 36.6. The largest absolute Gasteiger partial charge is 0.352 e. The van der Waals surface area contributed by atoms with E-state index < -0.39 is 17.1 Å². The molecule has 7 nitrogen and oxygen atoms in total. The summed E-state index contributed by atoms with van der Waals surface area (Å²) in [6.45, 7) is 2.71. The number of rotatable bonds is 4. The molecule has 0 saturated carbocycles. The van der Waals surface area contributed by atoms with Crippen LogP contribution >= 0.6 is 11.6 Å². The lowest BCUT2D eigenvalue weighted by Crippen LogP contribution is -2.42. The lowest BCUT2D eigenvalue weighted by molar-refractivity contribution is -0.114. The van der Waals surface area contributed by atoms with E-state index in [1.807, 2.05) is 0 Å². The zero-order valence-corrected chi connectivity index (χ0v) is 15.8. The number of aryl methyl sites for hydroxylation is 1. The van der Waals surface area contributed by atoms with Crippen LogP contribution in [0.2, 0.25) is 5.02 Å². The van der Waals surface area contributed by atoms with Crippen LogP contribution in [-0.2, 0) is 11.3 Å². The molecule has 0 aliphatic carbocycles. The van der Waals surface area contributed by atoms with Crippen molar-refractivity contribution in [3.8, 4) is 5.69 Å². The van der Waals surface area contributed by atoms with Crippen LogP contribution in [-0.4, -0.2) is 20.3 Å². The summed E-state index contributed by atoms with van der Waals surface area (Å²) in [5, 5.41) is 6.63. The zero-order chi connectivity index (χ0) is 20.4. The van der Waals surface area contributed by atoms with Gasteiger partial charge in [-0.05, 0) is 42.8 Å². The van der Waals surface area contributed by atoms with E-state index in [-0.39, 0.29) is 23.2 Å². The van der Waals surface area contributed by atoms with Crippen molar-refractivity contribution in [2.24, 2.45) is 0 Å². The molecule has 0 unspecified atom stereocenters. The van der Waals surface area contributed by atoms with Gasteiger partial charge in [0, 0.05) is 12.6 Å². The van der Waals surface area contributed by atoms with E-state index >= 15 is 0 Å². The van der Waals surface area contributed by atoms with Gasteiger partial charge in [0.1, 0.15) is 11.5 Å². The topological polar surface area (TPSA) is 86.0 Å². The average Bonchev–Trinajstić information content (AvgIpc) is 2.64. The van der Waals surface area contributed by atoms with Gasteiger partial charge < -0.3 is 5.32 Å². The van der Waals surface area contributed by atoms with Crippen molar-refractivity contribution in [2.75, 3.05) is 5.32 Å². The van der Waals surface area contributed by atoms with Crippen molar-refractivity contribution < 1.29 is 9.18 Å². The van der Waals surface area contributed by atoms with Gasteiger partial charge in [-0.25, -0.2) is 9.18 Å². The van der Waals surface area contributed by atoms with Crippen molar-refractivity contribution in [3.05, 3.63) is 85.4 Å². The number of amides is 1. The molecule has 0 atom stereocenters. The molecular formula is C19H16ClFN4O3. The number of halogens is 2. The number of carbonyl (C=O) groups excluding carboxylic acids is 1.